The van der Waals surface area contributed by atoms with Gasteiger partial charge in [0.2, 0.25) is 11.8 Å². The number of likely N-dealkylation sites (tertiary alicyclic amines) is 1. The molecular weight excluding hydrogens is 377 g/mol. The van der Waals surface area contributed by atoms with E-state index in [1.165, 1.54) is 12.1 Å². The molecule has 0 aliphatic carbocycles. The number of rotatable bonds is 6. The number of nitrogens with one attached hydrogen (secondary N) is 1. The molecule has 1 N–H and O–H groups in total. The fourth-order valence-corrected chi connectivity index (χ4v) is 3.00. The highest BCUT2D eigenvalue weighted by molar-refractivity contribution is 5.93. The predicted molar refractivity (Wildman–Crippen MR) is 95.2 cm³/mol. The van der Waals surface area contributed by atoms with Crippen molar-refractivity contribution in [3.63, 3.8) is 0 Å². The molecule has 0 atom stereocenters. The zero-order chi connectivity index (χ0) is 20.7. The number of hydrogen-bond donors (Lipinski definition) is 1. The van der Waals surface area contributed by atoms with Gasteiger partial charge in [-0.05, 0) is 38.0 Å². The van der Waals surface area contributed by atoms with E-state index in [4.69, 9.17) is 4.74 Å². The average molecular weight is 400 g/mol. The number of hydrogen-bond acceptors (Lipinski definition) is 4. The Morgan fingerprint density at radius 3 is 2.46 bits per heavy atom. The number of carbonyl (C=O) groups is 3. The molecule has 1 fully saturated rings. The molecule has 2 rings (SSSR count). The minimum Gasteiger partial charge on any atom is -0.466 e. The summed E-state index contributed by atoms with van der Waals surface area (Å²) in [6, 6.07) is 4.32. The Kier molecular flexibility index (Phi) is 7.42. The molecule has 0 bridgehead atoms. The second-order valence-corrected chi connectivity index (χ2v) is 6.53. The summed E-state index contributed by atoms with van der Waals surface area (Å²) in [5.41, 5.74) is -0.826. The molecule has 1 aliphatic rings. The Morgan fingerprint density at radius 2 is 1.86 bits per heavy atom. The first-order valence-corrected chi connectivity index (χ1v) is 9.12. The lowest BCUT2D eigenvalue weighted by Crippen LogP contribution is -2.40. The van der Waals surface area contributed by atoms with Crippen molar-refractivity contribution in [2.75, 3.05) is 25.0 Å². The van der Waals surface area contributed by atoms with Crippen molar-refractivity contribution in [3.05, 3.63) is 29.8 Å². The van der Waals surface area contributed by atoms with Crippen LogP contribution in [0.2, 0.25) is 0 Å². The van der Waals surface area contributed by atoms with Crippen LogP contribution in [-0.4, -0.2) is 42.4 Å². The maximum Gasteiger partial charge on any atom is 0.416 e. The van der Waals surface area contributed by atoms with E-state index in [-0.39, 0.29) is 36.3 Å². The number of alkyl halides is 3. The van der Waals surface area contributed by atoms with Gasteiger partial charge in [0, 0.05) is 31.6 Å². The first kappa shape index (κ1) is 21.7. The molecule has 1 aromatic rings. The smallest absolute Gasteiger partial charge is 0.416 e. The highest BCUT2D eigenvalue weighted by Crippen LogP contribution is 2.30. The Bertz CT molecular complexity index is 713. The molecule has 1 aromatic carbocycles. The lowest BCUT2D eigenvalue weighted by molar-refractivity contribution is -0.151. The Hall–Kier alpha value is -2.58. The van der Waals surface area contributed by atoms with E-state index < -0.39 is 17.6 Å². The lowest BCUT2D eigenvalue weighted by Gasteiger charge is -2.30. The maximum absolute atomic E-state index is 12.7. The van der Waals surface area contributed by atoms with E-state index in [9.17, 15) is 27.6 Å². The van der Waals surface area contributed by atoms with Crippen molar-refractivity contribution in [2.24, 2.45) is 5.92 Å². The second-order valence-electron chi connectivity index (χ2n) is 6.53. The lowest BCUT2D eigenvalue weighted by atomic mass is 9.96. The summed E-state index contributed by atoms with van der Waals surface area (Å²) in [4.78, 5) is 37.5. The van der Waals surface area contributed by atoms with Gasteiger partial charge in [-0.1, -0.05) is 6.07 Å². The van der Waals surface area contributed by atoms with Crippen molar-refractivity contribution in [3.8, 4) is 0 Å². The number of esters is 1. The number of carbonyl (C=O) groups excluding carboxylic acids is 3. The zero-order valence-corrected chi connectivity index (χ0v) is 15.6. The molecule has 28 heavy (non-hydrogen) atoms. The monoisotopic (exact) mass is 400 g/mol. The molecule has 0 spiro atoms. The highest BCUT2D eigenvalue weighted by Gasteiger charge is 2.31. The first-order chi connectivity index (χ1) is 13.2. The first-order valence-electron chi connectivity index (χ1n) is 9.12. The number of anilines is 1. The number of halogens is 3. The van der Waals surface area contributed by atoms with Gasteiger partial charge in [0.25, 0.3) is 0 Å². The van der Waals surface area contributed by atoms with Gasteiger partial charge in [-0.2, -0.15) is 13.2 Å². The van der Waals surface area contributed by atoms with Gasteiger partial charge < -0.3 is 15.0 Å². The van der Waals surface area contributed by atoms with E-state index in [1.54, 1.807) is 11.8 Å². The third kappa shape index (κ3) is 6.24. The van der Waals surface area contributed by atoms with Crippen molar-refractivity contribution < 1.29 is 32.3 Å². The van der Waals surface area contributed by atoms with Crippen LogP contribution >= 0.6 is 0 Å². The van der Waals surface area contributed by atoms with Crippen molar-refractivity contribution >= 4 is 23.5 Å². The Balaban J connectivity index is 1.77. The predicted octanol–water partition coefficient (Wildman–Crippen LogP) is 3.23. The summed E-state index contributed by atoms with van der Waals surface area (Å²) < 4.78 is 43.1. The summed E-state index contributed by atoms with van der Waals surface area (Å²) >= 11 is 0. The molecule has 2 amide bonds. The second kappa shape index (κ2) is 9.57. The molecule has 0 unspecified atom stereocenters. The van der Waals surface area contributed by atoms with Gasteiger partial charge in [-0.15, -0.1) is 0 Å². The normalized spacial score (nSPS) is 15.2. The number of piperidine rings is 1. The molecule has 1 heterocycles. The molecule has 1 aliphatic heterocycles. The number of amides is 2. The summed E-state index contributed by atoms with van der Waals surface area (Å²) in [5.74, 6) is -1.22. The standard InChI is InChI=1S/C19H23F3N2O4/c1-2-28-18(27)13-8-10-24(11-9-13)17(26)7-6-16(25)23-15-5-3-4-14(12-15)19(20,21)22/h3-5,12-13H,2,6-11H2,1H3,(H,23,25). The zero-order valence-electron chi connectivity index (χ0n) is 15.6. The van der Waals surface area contributed by atoms with Crippen molar-refractivity contribution in [1.82, 2.24) is 4.90 Å². The molecule has 9 heteroatoms. The summed E-state index contributed by atoms with van der Waals surface area (Å²) in [5, 5.41) is 2.38. The summed E-state index contributed by atoms with van der Waals surface area (Å²) in [6.45, 7) is 2.88. The van der Waals surface area contributed by atoms with Gasteiger partial charge in [0.15, 0.2) is 0 Å². The minimum atomic E-state index is -4.49. The molecule has 0 saturated carbocycles. The molecule has 0 radical (unpaired) electrons. The Morgan fingerprint density at radius 1 is 1.18 bits per heavy atom. The Labute approximate surface area is 161 Å². The van der Waals surface area contributed by atoms with Crippen LogP contribution in [0.5, 0.6) is 0 Å². The topological polar surface area (TPSA) is 75.7 Å². The van der Waals surface area contributed by atoms with Crippen LogP contribution in [0.3, 0.4) is 0 Å². The summed E-state index contributed by atoms with van der Waals surface area (Å²) in [6.07, 6.45) is -3.64. The van der Waals surface area contributed by atoms with E-state index in [2.05, 4.69) is 5.32 Å². The third-order valence-corrected chi connectivity index (χ3v) is 4.51. The number of nitrogens with zero attached hydrogens (tertiary/aromatic N) is 1. The minimum absolute atomic E-state index is 0.0301. The van der Waals surface area contributed by atoms with Gasteiger partial charge in [0.1, 0.15) is 0 Å². The van der Waals surface area contributed by atoms with E-state index in [1.807, 2.05) is 0 Å². The van der Waals surface area contributed by atoms with Crippen molar-refractivity contribution in [1.29, 1.82) is 0 Å². The number of benzene rings is 1. The third-order valence-electron chi connectivity index (χ3n) is 4.51. The summed E-state index contributed by atoms with van der Waals surface area (Å²) in [7, 11) is 0. The molecule has 154 valence electrons. The van der Waals surface area contributed by atoms with E-state index in [0.717, 1.165) is 12.1 Å². The molecule has 0 aromatic heterocycles. The van der Waals surface area contributed by atoms with Gasteiger partial charge >= 0.3 is 12.1 Å². The SMILES string of the molecule is CCOC(=O)C1CCN(C(=O)CCC(=O)Nc2cccc(C(F)(F)F)c2)CC1. The number of ether oxygens (including phenoxy) is 1. The van der Waals surface area contributed by atoms with Crippen LogP contribution in [0.1, 0.15) is 38.2 Å². The van der Waals surface area contributed by atoms with Gasteiger partial charge in [-0.25, -0.2) is 0 Å². The maximum atomic E-state index is 12.7. The average Bonchev–Trinajstić information content (AvgIpc) is 2.66. The van der Waals surface area contributed by atoms with Crippen LogP contribution in [0.25, 0.3) is 0 Å². The quantitative estimate of drug-likeness (QED) is 0.744. The van der Waals surface area contributed by atoms with E-state index >= 15 is 0 Å². The van der Waals surface area contributed by atoms with E-state index in [0.29, 0.717) is 32.5 Å². The van der Waals surface area contributed by atoms with Crippen LogP contribution < -0.4 is 5.32 Å². The van der Waals surface area contributed by atoms with Crippen LogP contribution in [-0.2, 0) is 25.3 Å². The van der Waals surface area contributed by atoms with Gasteiger partial charge in [0.05, 0.1) is 18.1 Å². The van der Waals surface area contributed by atoms with Crippen molar-refractivity contribution in [2.45, 2.75) is 38.8 Å². The largest absolute Gasteiger partial charge is 0.466 e. The van der Waals surface area contributed by atoms with Crippen LogP contribution in [0.15, 0.2) is 24.3 Å². The fourth-order valence-electron chi connectivity index (χ4n) is 3.00. The fraction of sp³-hybridized carbons (Fsp3) is 0.526. The highest BCUT2D eigenvalue weighted by atomic mass is 19.4. The van der Waals surface area contributed by atoms with Crippen LogP contribution in [0, 0.1) is 5.92 Å². The molecular formula is C19H23F3N2O4. The molecule has 1 saturated heterocycles. The van der Waals surface area contributed by atoms with Crippen LogP contribution in [0.4, 0.5) is 18.9 Å². The molecule has 6 nitrogen and oxygen atoms in total. The van der Waals surface area contributed by atoms with Gasteiger partial charge in [-0.3, -0.25) is 14.4 Å².